The normalized spacial score (nSPS) is 12.1. The van der Waals surface area contributed by atoms with Crippen LogP contribution in [-0.2, 0) is 0 Å². The molecule has 12 heavy (non-hydrogen) atoms. The highest BCUT2D eigenvalue weighted by atomic mass is 16.1. The first kappa shape index (κ1) is 8.57. The Hall–Kier alpha value is -1.53. The van der Waals surface area contributed by atoms with Crippen LogP contribution in [0.1, 0.15) is 24.1 Å². The minimum atomic E-state index is -0.290. The van der Waals surface area contributed by atoms with Crippen LogP contribution < -0.4 is 11.2 Å². The summed E-state index contributed by atoms with van der Waals surface area (Å²) in [6, 6.07) is -0.290. The van der Waals surface area contributed by atoms with Crippen molar-refractivity contribution in [1.82, 2.24) is 4.98 Å². The van der Waals surface area contributed by atoms with Crippen LogP contribution in [0.3, 0.4) is 0 Å². The van der Waals surface area contributed by atoms with Gasteiger partial charge in [0.05, 0.1) is 5.56 Å². The van der Waals surface area contributed by atoms with E-state index < -0.39 is 0 Å². The molecule has 0 spiro atoms. The highest BCUT2D eigenvalue weighted by molar-refractivity contribution is 5.33. The third-order valence-corrected chi connectivity index (χ3v) is 1.62. The van der Waals surface area contributed by atoms with Gasteiger partial charge in [-0.15, -0.1) is 6.42 Å². The van der Waals surface area contributed by atoms with Gasteiger partial charge in [-0.2, -0.15) is 0 Å². The van der Waals surface area contributed by atoms with Crippen molar-refractivity contribution in [3.8, 4) is 12.3 Å². The molecule has 0 fully saturated rings. The zero-order chi connectivity index (χ0) is 9.14. The van der Waals surface area contributed by atoms with Crippen molar-refractivity contribution in [1.29, 1.82) is 0 Å². The van der Waals surface area contributed by atoms with E-state index in [1.165, 1.54) is 6.20 Å². The van der Waals surface area contributed by atoms with E-state index in [1.54, 1.807) is 13.1 Å². The predicted octanol–water partition coefficient (Wildman–Crippen LogP) is 0.376. The monoisotopic (exact) mass is 162 g/mol. The average Bonchev–Trinajstić information content (AvgIpc) is 2.04. The van der Waals surface area contributed by atoms with Crippen molar-refractivity contribution in [2.24, 2.45) is 5.73 Å². The van der Waals surface area contributed by atoms with Gasteiger partial charge in [0, 0.05) is 24.0 Å². The van der Waals surface area contributed by atoms with E-state index in [9.17, 15) is 4.79 Å². The number of pyridine rings is 1. The van der Waals surface area contributed by atoms with Crippen molar-refractivity contribution < 1.29 is 0 Å². The van der Waals surface area contributed by atoms with Gasteiger partial charge in [-0.25, -0.2) is 0 Å². The lowest BCUT2D eigenvalue weighted by atomic mass is 10.1. The summed E-state index contributed by atoms with van der Waals surface area (Å²) in [6.45, 7) is 1.74. The second-order valence-corrected chi connectivity index (χ2v) is 2.59. The van der Waals surface area contributed by atoms with E-state index in [0.29, 0.717) is 11.1 Å². The van der Waals surface area contributed by atoms with E-state index in [4.69, 9.17) is 12.2 Å². The molecule has 0 saturated heterocycles. The van der Waals surface area contributed by atoms with E-state index >= 15 is 0 Å². The van der Waals surface area contributed by atoms with Gasteiger partial charge in [-0.1, -0.05) is 5.92 Å². The van der Waals surface area contributed by atoms with Crippen LogP contribution in [0.15, 0.2) is 17.2 Å². The lowest BCUT2D eigenvalue weighted by molar-refractivity contribution is 0.802. The Morgan fingerprint density at radius 3 is 2.83 bits per heavy atom. The van der Waals surface area contributed by atoms with E-state index in [0.717, 1.165) is 0 Å². The standard InChI is InChI=1S/C9H10N2O/c1-3-7-4-11-5-8(6(2)10)9(7)12/h1,4-6H,10H2,2H3,(H,11,12)/t6-/m0/s1. The fourth-order valence-electron chi connectivity index (χ4n) is 0.947. The number of aromatic amines is 1. The van der Waals surface area contributed by atoms with Crippen LogP contribution in [0.4, 0.5) is 0 Å². The summed E-state index contributed by atoms with van der Waals surface area (Å²) < 4.78 is 0. The molecule has 1 aromatic heterocycles. The minimum Gasteiger partial charge on any atom is -0.366 e. The molecular formula is C9H10N2O. The Bertz CT molecular complexity index is 371. The summed E-state index contributed by atoms with van der Waals surface area (Å²) >= 11 is 0. The summed E-state index contributed by atoms with van der Waals surface area (Å²) in [4.78, 5) is 14.2. The van der Waals surface area contributed by atoms with Crippen molar-refractivity contribution in [3.63, 3.8) is 0 Å². The highest BCUT2D eigenvalue weighted by Crippen LogP contribution is 2.01. The molecule has 0 amide bonds. The first-order valence-electron chi connectivity index (χ1n) is 3.60. The van der Waals surface area contributed by atoms with Crippen molar-refractivity contribution in [3.05, 3.63) is 33.7 Å². The first-order valence-corrected chi connectivity index (χ1v) is 3.60. The lowest BCUT2D eigenvalue weighted by Gasteiger charge is -2.03. The summed E-state index contributed by atoms with van der Waals surface area (Å²) in [6.07, 6.45) is 8.18. The number of H-pyrrole nitrogens is 1. The zero-order valence-electron chi connectivity index (χ0n) is 6.79. The van der Waals surface area contributed by atoms with E-state index in [-0.39, 0.29) is 11.5 Å². The van der Waals surface area contributed by atoms with Crippen molar-refractivity contribution >= 4 is 0 Å². The highest BCUT2D eigenvalue weighted by Gasteiger charge is 2.06. The molecular weight excluding hydrogens is 152 g/mol. The Labute approximate surface area is 70.6 Å². The summed E-state index contributed by atoms with van der Waals surface area (Å²) in [5.74, 6) is 2.29. The smallest absolute Gasteiger partial charge is 0.201 e. The van der Waals surface area contributed by atoms with Crippen LogP contribution in [0, 0.1) is 12.3 Å². The molecule has 0 aliphatic heterocycles. The number of nitrogens with two attached hydrogens (primary N) is 1. The van der Waals surface area contributed by atoms with Crippen LogP contribution in [0.5, 0.6) is 0 Å². The van der Waals surface area contributed by atoms with E-state index in [1.807, 2.05) is 0 Å². The van der Waals surface area contributed by atoms with Crippen LogP contribution in [0.2, 0.25) is 0 Å². The molecule has 3 nitrogen and oxygen atoms in total. The van der Waals surface area contributed by atoms with Crippen LogP contribution in [-0.4, -0.2) is 4.98 Å². The molecule has 3 heteroatoms. The average molecular weight is 162 g/mol. The maximum Gasteiger partial charge on any atom is 0.201 e. The van der Waals surface area contributed by atoms with Gasteiger partial charge in [-0.05, 0) is 6.92 Å². The van der Waals surface area contributed by atoms with Gasteiger partial charge in [0.1, 0.15) is 0 Å². The molecule has 1 rings (SSSR count). The molecule has 3 N–H and O–H groups in total. The number of nitrogens with one attached hydrogen (secondary N) is 1. The minimum absolute atomic E-state index is 0.161. The molecule has 0 unspecified atom stereocenters. The number of aromatic nitrogens is 1. The molecule has 0 aliphatic carbocycles. The topological polar surface area (TPSA) is 58.9 Å². The number of hydrogen-bond acceptors (Lipinski definition) is 2. The predicted molar refractivity (Wildman–Crippen MR) is 47.6 cm³/mol. The Morgan fingerprint density at radius 1 is 1.67 bits per heavy atom. The lowest BCUT2D eigenvalue weighted by Crippen LogP contribution is -2.19. The van der Waals surface area contributed by atoms with Crippen LogP contribution >= 0.6 is 0 Å². The molecule has 0 bridgehead atoms. The first-order chi connectivity index (χ1) is 5.66. The van der Waals surface area contributed by atoms with Gasteiger partial charge in [-0.3, -0.25) is 4.79 Å². The largest absolute Gasteiger partial charge is 0.366 e. The van der Waals surface area contributed by atoms with Gasteiger partial charge >= 0.3 is 0 Å². The fraction of sp³-hybridized carbons (Fsp3) is 0.222. The molecule has 1 atom stereocenters. The number of rotatable bonds is 1. The zero-order valence-corrected chi connectivity index (χ0v) is 6.79. The van der Waals surface area contributed by atoms with Gasteiger partial charge in [0.15, 0.2) is 0 Å². The molecule has 62 valence electrons. The Morgan fingerprint density at radius 2 is 2.33 bits per heavy atom. The molecule has 1 aromatic rings. The summed E-state index contributed by atoms with van der Waals surface area (Å²) in [7, 11) is 0. The second kappa shape index (κ2) is 3.24. The third kappa shape index (κ3) is 1.39. The number of terminal acetylenes is 1. The van der Waals surface area contributed by atoms with Crippen LogP contribution in [0.25, 0.3) is 0 Å². The molecule has 0 radical (unpaired) electrons. The van der Waals surface area contributed by atoms with Gasteiger partial charge in [0.2, 0.25) is 5.43 Å². The maximum atomic E-state index is 11.4. The third-order valence-electron chi connectivity index (χ3n) is 1.62. The van der Waals surface area contributed by atoms with Crippen molar-refractivity contribution in [2.45, 2.75) is 13.0 Å². The Balaban J connectivity index is 3.36. The number of hydrogen-bond donors (Lipinski definition) is 2. The van der Waals surface area contributed by atoms with Gasteiger partial charge < -0.3 is 10.7 Å². The van der Waals surface area contributed by atoms with Gasteiger partial charge in [0.25, 0.3) is 0 Å². The summed E-state index contributed by atoms with van der Waals surface area (Å²) in [5.41, 5.74) is 6.23. The quantitative estimate of drug-likeness (QED) is 0.586. The SMILES string of the molecule is C#Cc1c[nH]cc([C@H](C)N)c1=O. The Kier molecular flexibility index (Phi) is 2.32. The van der Waals surface area contributed by atoms with Crippen molar-refractivity contribution in [2.75, 3.05) is 0 Å². The molecule has 0 saturated carbocycles. The second-order valence-electron chi connectivity index (χ2n) is 2.59. The maximum absolute atomic E-state index is 11.4. The molecule has 1 heterocycles. The summed E-state index contributed by atoms with van der Waals surface area (Å²) in [5, 5.41) is 0. The molecule has 0 aromatic carbocycles. The fourth-order valence-corrected chi connectivity index (χ4v) is 0.947. The molecule has 0 aliphatic rings. The van der Waals surface area contributed by atoms with E-state index in [2.05, 4.69) is 10.9 Å².